The smallest absolute Gasteiger partial charge is 0.0501 e. The van der Waals surface area contributed by atoms with Crippen molar-refractivity contribution in [2.45, 2.75) is 43.4 Å². The van der Waals surface area contributed by atoms with E-state index in [1.807, 2.05) is 7.05 Å². The van der Waals surface area contributed by atoms with Crippen LogP contribution >= 0.6 is 0 Å². The first-order chi connectivity index (χ1) is 7.29. The van der Waals surface area contributed by atoms with E-state index in [2.05, 4.69) is 5.32 Å². The number of hydrogen-bond acceptors (Lipinski definition) is 3. The molecule has 0 aromatic heterocycles. The van der Waals surface area contributed by atoms with Gasteiger partial charge in [0.25, 0.3) is 0 Å². The lowest BCUT2D eigenvalue weighted by Crippen LogP contribution is -2.43. The summed E-state index contributed by atoms with van der Waals surface area (Å²) in [6.45, 7) is 0.725. The van der Waals surface area contributed by atoms with Crippen LogP contribution < -0.4 is 5.32 Å². The van der Waals surface area contributed by atoms with Gasteiger partial charge in [-0.25, -0.2) is 0 Å². The van der Waals surface area contributed by atoms with Crippen LogP contribution in [0.4, 0.5) is 0 Å². The van der Waals surface area contributed by atoms with Crippen molar-refractivity contribution in [3.63, 3.8) is 0 Å². The zero-order chi connectivity index (χ0) is 11.1. The van der Waals surface area contributed by atoms with Gasteiger partial charge in [-0.3, -0.25) is 4.21 Å². The lowest BCUT2D eigenvalue weighted by Gasteiger charge is -2.30. The highest BCUT2D eigenvalue weighted by Crippen LogP contribution is 2.23. The second-order valence-electron chi connectivity index (χ2n) is 4.15. The first-order valence-electron chi connectivity index (χ1n) is 5.83. The second kappa shape index (κ2) is 7.36. The lowest BCUT2D eigenvalue weighted by molar-refractivity contribution is 0.199. The molecule has 1 saturated carbocycles. The molecule has 0 saturated heterocycles. The fraction of sp³-hybridized carbons (Fsp3) is 1.00. The highest BCUT2D eigenvalue weighted by Gasteiger charge is 2.28. The summed E-state index contributed by atoms with van der Waals surface area (Å²) in [6, 6.07) is 0.460. The van der Waals surface area contributed by atoms with Crippen molar-refractivity contribution in [1.29, 1.82) is 0 Å². The van der Waals surface area contributed by atoms with Crippen molar-refractivity contribution < 1.29 is 8.95 Å². The Kier molecular flexibility index (Phi) is 6.45. The van der Waals surface area contributed by atoms with Crippen molar-refractivity contribution in [3.8, 4) is 0 Å². The molecule has 3 atom stereocenters. The van der Waals surface area contributed by atoms with Crippen molar-refractivity contribution in [2.75, 3.05) is 26.5 Å². The topological polar surface area (TPSA) is 38.3 Å². The third-order valence-electron chi connectivity index (χ3n) is 3.11. The zero-order valence-corrected chi connectivity index (χ0v) is 10.6. The Bertz CT molecular complexity index is 199. The molecule has 4 heteroatoms. The minimum Gasteiger partial charge on any atom is -0.385 e. The predicted molar refractivity (Wildman–Crippen MR) is 64.6 cm³/mol. The average Bonchev–Trinajstić information content (AvgIpc) is 2.29. The van der Waals surface area contributed by atoms with E-state index in [-0.39, 0.29) is 0 Å². The quantitative estimate of drug-likeness (QED) is 0.703. The van der Waals surface area contributed by atoms with Gasteiger partial charge < -0.3 is 10.1 Å². The van der Waals surface area contributed by atoms with Crippen molar-refractivity contribution in [2.24, 2.45) is 0 Å². The summed E-state index contributed by atoms with van der Waals surface area (Å²) in [5, 5.41) is 3.66. The Morgan fingerprint density at radius 1 is 1.40 bits per heavy atom. The molecule has 0 aromatic rings. The summed E-state index contributed by atoms with van der Waals surface area (Å²) in [5.74, 6) is 0.788. The van der Waals surface area contributed by atoms with E-state index in [0.717, 1.165) is 25.2 Å². The van der Waals surface area contributed by atoms with Crippen LogP contribution in [0.15, 0.2) is 0 Å². The maximum absolute atomic E-state index is 12.1. The van der Waals surface area contributed by atoms with Crippen LogP contribution in [0.3, 0.4) is 0 Å². The SMILES string of the molecule is CNC1CCCCC1S(=O)CCCOC. The van der Waals surface area contributed by atoms with Crippen LogP contribution in [-0.2, 0) is 15.5 Å². The largest absolute Gasteiger partial charge is 0.385 e. The number of methoxy groups -OCH3 is 1. The summed E-state index contributed by atoms with van der Waals surface area (Å²) in [6.07, 6.45) is 5.72. The van der Waals surface area contributed by atoms with Gasteiger partial charge in [-0.2, -0.15) is 0 Å². The Labute approximate surface area is 95.4 Å². The van der Waals surface area contributed by atoms with Gasteiger partial charge in [-0.15, -0.1) is 0 Å². The van der Waals surface area contributed by atoms with E-state index < -0.39 is 10.8 Å². The summed E-state index contributed by atoms with van der Waals surface area (Å²) < 4.78 is 17.0. The van der Waals surface area contributed by atoms with Gasteiger partial charge in [0.05, 0.1) is 5.25 Å². The molecule has 0 aliphatic heterocycles. The maximum atomic E-state index is 12.1. The molecule has 15 heavy (non-hydrogen) atoms. The molecule has 0 amide bonds. The van der Waals surface area contributed by atoms with E-state index in [1.165, 1.54) is 19.3 Å². The highest BCUT2D eigenvalue weighted by atomic mass is 32.2. The molecule has 0 spiro atoms. The third-order valence-corrected chi connectivity index (χ3v) is 5.04. The first-order valence-corrected chi connectivity index (χ1v) is 7.21. The van der Waals surface area contributed by atoms with Gasteiger partial charge in [0.1, 0.15) is 0 Å². The molecule has 0 aromatic carbocycles. The van der Waals surface area contributed by atoms with E-state index in [4.69, 9.17) is 4.74 Å². The molecule has 1 N–H and O–H groups in total. The molecule has 0 bridgehead atoms. The van der Waals surface area contributed by atoms with Crippen LogP contribution in [-0.4, -0.2) is 42.0 Å². The molecule has 0 radical (unpaired) electrons. The monoisotopic (exact) mass is 233 g/mol. The summed E-state index contributed by atoms with van der Waals surface area (Å²) in [5.41, 5.74) is 0. The molecule has 90 valence electrons. The fourth-order valence-corrected chi connectivity index (χ4v) is 4.01. The number of nitrogens with one attached hydrogen (secondary N) is 1. The first kappa shape index (κ1) is 13.1. The molecule has 1 rings (SSSR count). The molecule has 3 unspecified atom stereocenters. The van der Waals surface area contributed by atoms with Crippen LogP contribution in [0.2, 0.25) is 0 Å². The van der Waals surface area contributed by atoms with E-state index in [9.17, 15) is 4.21 Å². The van der Waals surface area contributed by atoms with E-state index in [1.54, 1.807) is 7.11 Å². The Morgan fingerprint density at radius 3 is 2.80 bits per heavy atom. The van der Waals surface area contributed by atoms with Crippen molar-refractivity contribution in [1.82, 2.24) is 5.32 Å². The minimum absolute atomic E-state index is 0.362. The van der Waals surface area contributed by atoms with Crippen LogP contribution in [0, 0.1) is 0 Å². The fourth-order valence-electron chi connectivity index (χ4n) is 2.24. The highest BCUT2D eigenvalue weighted by molar-refractivity contribution is 7.85. The van der Waals surface area contributed by atoms with Crippen LogP contribution in [0.1, 0.15) is 32.1 Å². The maximum Gasteiger partial charge on any atom is 0.0501 e. The third kappa shape index (κ3) is 4.21. The lowest BCUT2D eigenvalue weighted by atomic mass is 9.95. The van der Waals surface area contributed by atoms with Gasteiger partial charge in [0.2, 0.25) is 0 Å². The summed E-state index contributed by atoms with van der Waals surface area (Å²) in [4.78, 5) is 0. The molecule has 0 heterocycles. The van der Waals surface area contributed by atoms with E-state index >= 15 is 0 Å². The van der Waals surface area contributed by atoms with Gasteiger partial charge in [0.15, 0.2) is 0 Å². The number of rotatable bonds is 6. The number of hydrogen-bond donors (Lipinski definition) is 1. The average molecular weight is 233 g/mol. The van der Waals surface area contributed by atoms with Crippen LogP contribution in [0.25, 0.3) is 0 Å². The molecular weight excluding hydrogens is 210 g/mol. The number of ether oxygens (including phenoxy) is 1. The summed E-state index contributed by atoms with van der Waals surface area (Å²) >= 11 is 0. The minimum atomic E-state index is -0.680. The van der Waals surface area contributed by atoms with Crippen molar-refractivity contribution in [3.05, 3.63) is 0 Å². The zero-order valence-electron chi connectivity index (χ0n) is 9.83. The predicted octanol–water partition coefficient (Wildman–Crippen LogP) is 1.30. The van der Waals surface area contributed by atoms with Crippen molar-refractivity contribution >= 4 is 10.8 Å². The standard InChI is InChI=1S/C11H23NO2S/c1-12-10-6-3-4-7-11(10)15(13)9-5-8-14-2/h10-12H,3-9H2,1-2H3. The van der Waals surface area contributed by atoms with E-state index in [0.29, 0.717) is 11.3 Å². The molecule has 1 fully saturated rings. The van der Waals surface area contributed by atoms with Gasteiger partial charge in [-0.1, -0.05) is 12.8 Å². The summed E-state index contributed by atoms with van der Waals surface area (Å²) in [7, 11) is 3.00. The second-order valence-corrected chi connectivity index (χ2v) is 5.92. The Morgan fingerprint density at radius 2 is 2.13 bits per heavy atom. The Balaban J connectivity index is 2.34. The van der Waals surface area contributed by atoms with Crippen LogP contribution in [0.5, 0.6) is 0 Å². The van der Waals surface area contributed by atoms with Gasteiger partial charge in [0, 0.05) is 36.3 Å². The normalized spacial score (nSPS) is 28.9. The molecule has 1 aliphatic rings. The van der Waals surface area contributed by atoms with Gasteiger partial charge in [-0.05, 0) is 26.3 Å². The Hall–Kier alpha value is 0.0700. The molecular formula is C11H23NO2S. The molecule has 1 aliphatic carbocycles. The van der Waals surface area contributed by atoms with Gasteiger partial charge >= 0.3 is 0 Å². The molecule has 3 nitrogen and oxygen atoms in total.